The predicted molar refractivity (Wildman–Crippen MR) is 147 cm³/mol. The molecule has 1 amide bonds. The van der Waals surface area contributed by atoms with E-state index in [1.807, 2.05) is 41.5 Å². The van der Waals surface area contributed by atoms with E-state index in [-0.39, 0.29) is 11.7 Å². The number of benzene rings is 3. The van der Waals surface area contributed by atoms with Crippen molar-refractivity contribution in [3.8, 4) is 11.3 Å². The molecule has 0 radical (unpaired) electrons. The smallest absolute Gasteiger partial charge is 0.255 e. The van der Waals surface area contributed by atoms with Crippen molar-refractivity contribution in [2.45, 2.75) is 6.92 Å². The molecule has 0 aliphatic rings. The van der Waals surface area contributed by atoms with Crippen LogP contribution in [0.15, 0.2) is 78.9 Å². The Morgan fingerprint density at radius 3 is 2.54 bits per heavy atom. The molecule has 0 saturated carbocycles. The number of nitrogens with one attached hydrogen (secondary N) is 3. The lowest BCUT2D eigenvalue weighted by Crippen LogP contribution is -2.13. The number of amides is 1. The molecule has 3 aromatic carbocycles. The highest BCUT2D eigenvalue weighted by Gasteiger charge is 2.14. The van der Waals surface area contributed by atoms with Crippen LogP contribution in [0.4, 0.5) is 26.9 Å². The third kappa shape index (κ3) is 4.92. The second-order valence-electron chi connectivity index (χ2n) is 8.41. The Morgan fingerprint density at radius 2 is 1.84 bits per heavy atom. The number of rotatable bonds is 7. The van der Waals surface area contributed by atoms with Gasteiger partial charge >= 0.3 is 0 Å². The number of fused-ring (bicyclic) bond motifs is 1. The number of aldehydes is 1. The van der Waals surface area contributed by atoms with Gasteiger partial charge in [0.1, 0.15) is 17.5 Å². The summed E-state index contributed by atoms with van der Waals surface area (Å²) >= 11 is 0. The second-order valence-corrected chi connectivity index (χ2v) is 9.41. The van der Waals surface area contributed by atoms with Crippen LogP contribution in [-0.2, 0) is 0 Å². The summed E-state index contributed by atoms with van der Waals surface area (Å²) in [5, 5.41) is 9.11. The van der Waals surface area contributed by atoms with E-state index in [1.165, 1.54) is 6.07 Å². The fourth-order valence-corrected chi connectivity index (χ4v) is 4.90. The first-order chi connectivity index (χ1) is 18.0. The maximum atomic E-state index is 14.3. The topological polar surface area (TPSA) is 87.5 Å². The van der Waals surface area contributed by atoms with Gasteiger partial charge in [-0.1, -0.05) is 6.07 Å². The molecule has 2 aromatic heterocycles. The van der Waals surface area contributed by atoms with Crippen molar-refractivity contribution in [2.24, 2.45) is 0 Å². The molecule has 3 N–H and O–H groups in total. The summed E-state index contributed by atoms with van der Waals surface area (Å²) in [6.07, 6.45) is 4.42. The van der Waals surface area contributed by atoms with E-state index in [2.05, 4.69) is 20.9 Å². The molecule has 2 heterocycles. The van der Waals surface area contributed by atoms with Crippen LogP contribution in [0, 0.1) is 12.7 Å². The Hall–Kier alpha value is -4.55. The van der Waals surface area contributed by atoms with Gasteiger partial charge in [0, 0.05) is 41.3 Å². The van der Waals surface area contributed by atoms with Gasteiger partial charge in [0.25, 0.3) is 5.91 Å². The number of carbonyl (C=O) groups is 2. The van der Waals surface area contributed by atoms with Crippen LogP contribution in [0.2, 0.25) is 0 Å². The zero-order chi connectivity index (χ0) is 25.9. The zero-order valence-electron chi connectivity index (χ0n) is 20.1. The number of aryl methyl sites for hydroxylation is 1. The van der Waals surface area contributed by atoms with Gasteiger partial charge in [-0.25, -0.2) is 9.37 Å². The molecule has 0 aliphatic heterocycles. The van der Waals surface area contributed by atoms with E-state index in [9.17, 15) is 14.0 Å². The molecule has 0 unspecified atom stereocenters. The van der Waals surface area contributed by atoms with E-state index in [0.29, 0.717) is 22.5 Å². The highest BCUT2D eigenvalue weighted by atomic mass is 31.0. The van der Waals surface area contributed by atoms with Gasteiger partial charge < -0.3 is 16.0 Å². The van der Waals surface area contributed by atoms with E-state index in [1.54, 1.807) is 49.6 Å². The average molecular weight is 511 g/mol. The first-order valence-corrected chi connectivity index (χ1v) is 12.5. The predicted octanol–water partition coefficient (Wildman–Crippen LogP) is 6.88. The number of imidazole rings is 1. The SMILES string of the molecule is CNc1ccc(-c2cnc3c(Nc4ccc(C(=O)Nc5ccc(C=O)cc5)c(C)c4)pccn23)cc1F. The molecule has 5 rings (SSSR count). The Bertz CT molecular complexity index is 1630. The number of hydrogen-bond acceptors (Lipinski definition) is 5. The Balaban J connectivity index is 1.37. The number of aromatic nitrogens is 2. The average Bonchev–Trinajstić information content (AvgIpc) is 3.34. The summed E-state index contributed by atoms with van der Waals surface area (Å²) in [5.41, 5.74) is 6.89. The molecule has 37 heavy (non-hydrogen) atoms. The van der Waals surface area contributed by atoms with Crippen LogP contribution in [0.5, 0.6) is 0 Å². The van der Waals surface area contributed by atoms with Crippen molar-refractivity contribution in [2.75, 3.05) is 23.0 Å². The lowest BCUT2D eigenvalue weighted by atomic mass is 10.1. The van der Waals surface area contributed by atoms with Crippen LogP contribution in [0.1, 0.15) is 26.3 Å². The number of nitrogens with zero attached hydrogens (tertiary/aromatic N) is 2. The molecular weight excluding hydrogens is 488 g/mol. The van der Waals surface area contributed by atoms with Crippen molar-refractivity contribution < 1.29 is 14.0 Å². The van der Waals surface area contributed by atoms with E-state index >= 15 is 0 Å². The van der Waals surface area contributed by atoms with Crippen molar-refractivity contribution >= 4 is 48.5 Å². The summed E-state index contributed by atoms with van der Waals surface area (Å²) in [4.78, 5) is 28.2. The largest absolute Gasteiger partial charge is 0.386 e. The molecule has 0 aliphatic carbocycles. The van der Waals surface area contributed by atoms with Gasteiger partial charge in [-0.05, 0) is 81.1 Å². The molecule has 0 bridgehead atoms. The van der Waals surface area contributed by atoms with Gasteiger partial charge in [0.05, 0.1) is 17.6 Å². The zero-order valence-corrected chi connectivity index (χ0v) is 21.0. The lowest BCUT2D eigenvalue weighted by molar-refractivity contribution is 0.102. The van der Waals surface area contributed by atoms with E-state index in [0.717, 1.165) is 48.1 Å². The molecule has 0 atom stereocenters. The van der Waals surface area contributed by atoms with Crippen LogP contribution < -0.4 is 16.0 Å². The van der Waals surface area contributed by atoms with Gasteiger partial charge in [0.2, 0.25) is 0 Å². The normalized spacial score (nSPS) is 11.0. The quantitative estimate of drug-likeness (QED) is 0.207. The maximum Gasteiger partial charge on any atom is 0.255 e. The van der Waals surface area contributed by atoms with E-state index < -0.39 is 0 Å². The molecule has 0 saturated heterocycles. The summed E-state index contributed by atoms with van der Waals surface area (Å²) in [6, 6.07) is 17.3. The van der Waals surface area contributed by atoms with Crippen LogP contribution in [0.25, 0.3) is 16.9 Å². The first-order valence-electron chi connectivity index (χ1n) is 11.5. The minimum Gasteiger partial charge on any atom is -0.386 e. The Labute approximate surface area is 214 Å². The summed E-state index contributed by atoms with van der Waals surface area (Å²) in [5.74, 6) is 1.43. The van der Waals surface area contributed by atoms with Crippen LogP contribution in [-0.4, -0.2) is 28.6 Å². The highest BCUT2D eigenvalue weighted by molar-refractivity contribution is 7.34. The molecule has 5 aromatic rings. The lowest BCUT2D eigenvalue weighted by Gasteiger charge is -2.12. The second kappa shape index (κ2) is 10.2. The van der Waals surface area contributed by atoms with Crippen LogP contribution >= 0.6 is 8.19 Å². The number of halogens is 1. The summed E-state index contributed by atoms with van der Waals surface area (Å²) in [6.45, 7) is 1.88. The van der Waals surface area contributed by atoms with E-state index in [4.69, 9.17) is 0 Å². The van der Waals surface area contributed by atoms with Gasteiger partial charge in [-0.3, -0.25) is 14.0 Å². The van der Waals surface area contributed by atoms with Crippen molar-refractivity contribution in [1.82, 2.24) is 9.38 Å². The number of hydrogen-bond donors (Lipinski definition) is 3. The molecule has 9 heteroatoms. The standard InChI is InChI=1S/C28H23FN5O2P/c1-17-13-21(8-9-22(17)27(36)32-20-6-3-18(16-35)4-7-20)33-28-26-31-15-25(34(26)11-12-37-28)19-5-10-24(30-2)23(29)14-19/h3-16,30,33H,1-2H3,(H,32,36). The van der Waals surface area contributed by atoms with Crippen molar-refractivity contribution in [3.63, 3.8) is 0 Å². The van der Waals surface area contributed by atoms with Gasteiger partial charge in [-0.15, -0.1) is 0 Å². The van der Waals surface area contributed by atoms with Crippen molar-refractivity contribution in [3.05, 3.63) is 101 Å². The number of anilines is 4. The van der Waals surface area contributed by atoms with Gasteiger partial charge in [0.15, 0.2) is 5.65 Å². The first kappa shape index (κ1) is 24.2. The molecule has 0 fully saturated rings. The molecule has 7 nitrogen and oxygen atoms in total. The Kier molecular flexibility index (Phi) is 6.66. The van der Waals surface area contributed by atoms with Gasteiger partial charge in [-0.2, -0.15) is 0 Å². The maximum absolute atomic E-state index is 14.3. The minimum atomic E-state index is -0.326. The molecular formula is C28H23FN5O2P. The monoisotopic (exact) mass is 511 g/mol. The fraction of sp³-hybridized carbons (Fsp3) is 0.0714. The molecule has 0 spiro atoms. The summed E-state index contributed by atoms with van der Waals surface area (Å²) < 4.78 is 16.3. The molecule has 184 valence electrons. The summed E-state index contributed by atoms with van der Waals surface area (Å²) in [7, 11) is 2.62. The number of carbonyl (C=O) groups excluding carboxylic acids is 2. The Morgan fingerprint density at radius 1 is 1.05 bits per heavy atom. The third-order valence-corrected chi connectivity index (χ3v) is 6.85. The fourth-order valence-electron chi connectivity index (χ4n) is 4.07. The minimum absolute atomic E-state index is 0.231. The van der Waals surface area contributed by atoms with Crippen molar-refractivity contribution in [1.29, 1.82) is 0 Å². The van der Waals surface area contributed by atoms with Crippen LogP contribution in [0.3, 0.4) is 0 Å². The third-order valence-electron chi connectivity index (χ3n) is 6.00. The highest BCUT2D eigenvalue weighted by Crippen LogP contribution is 2.33.